The molecule has 0 spiro atoms. The number of hydrogen-bond donors (Lipinski definition) is 0. The monoisotopic (exact) mass is 485 g/mol. The molecule has 4 rings (SSSR count). The van der Waals surface area contributed by atoms with Gasteiger partial charge in [-0.15, -0.1) is 0 Å². The van der Waals surface area contributed by atoms with E-state index in [1.807, 2.05) is 12.3 Å². The number of pyridine rings is 1. The van der Waals surface area contributed by atoms with Crippen molar-refractivity contribution >= 4 is 22.8 Å². The Kier molecular flexibility index (Phi) is 8.26. The summed E-state index contributed by atoms with van der Waals surface area (Å²) >= 11 is 0. The van der Waals surface area contributed by atoms with Crippen molar-refractivity contribution in [2.75, 3.05) is 51.3 Å². The normalized spacial score (nSPS) is 16.6. The molecule has 0 atom stereocenters. The van der Waals surface area contributed by atoms with Gasteiger partial charge in [0, 0.05) is 50.7 Å². The molecular weight excluding hydrogens is 446 g/mol. The number of amidine groups is 1. The van der Waals surface area contributed by atoms with Gasteiger partial charge in [-0.05, 0) is 54.2 Å². The minimum absolute atomic E-state index is 0.571. The number of allylic oxidation sites excluding steroid dienone is 1. The van der Waals surface area contributed by atoms with Gasteiger partial charge in [0.1, 0.15) is 11.7 Å². The van der Waals surface area contributed by atoms with Gasteiger partial charge >= 0.3 is 0 Å². The van der Waals surface area contributed by atoms with Gasteiger partial charge in [0.25, 0.3) is 0 Å². The van der Waals surface area contributed by atoms with E-state index in [1.54, 1.807) is 6.20 Å². The summed E-state index contributed by atoms with van der Waals surface area (Å²) in [5, 5.41) is 0. The van der Waals surface area contributed by atoms with Crippen LogP contribution in [-0.4, -0.2) is 67.1 Å². The second kappa shape index (κ2) is 11.6. The summed E-state index contributed by atoms with van der Waals surface area (Å²) < 4.78 is 5.54. The summed E-state index contributed by atoms with van der Waals surface area (Å²) in [7, 11) is 2.11. The topological polar surface area (TPSA) is 44.2 Å². The zero-order valence-corrected chi connectivity index (χ0v) is 22.2. The lowest BCUT2D eigenvalue weighted by molar-refractivity contribution is 0.0678. The smallest absolute Gasteiger partial charge is 0.138 e. The fourth-order valence-electron chi connectivity index (χ4n) is 4.83. The number of hydrogen-bond acceptors (Lipinski definition) is 5. The molecule has 6 nitrogen and oxygen atoms in total. The maximum Gasteiger partial charge on any atom is 0.138 e. The van der Waals surface area contributed by atoms with Crippen molar-refractivity contribution in [1.29, 1.82) is 0 Å². The van der Waals surface area contributed by atoms with Gasteiger partial charge in [-0.2, -0.15) is 0 Å². The Morgan fingerprint density at radius 3 is 2.56 bits per heavy atom. The molecule has 0 bridgehead atoms. The van der Waals surface area contributed by atoms with Crippen LogP contribution in [0.25, 0.3) is 11.3 Å². The highest BCUT2D eigenvalue weighted by Crippen LogP contribution is 2.37. The minimum atomic E-state index is 0.571. The first-order chi connectivity index (χ1) is 17.3. The largest absolute Gasteiger partial charge is 0.378 e. The van der Waals surface area contributed by atoms with Crippen molar-refractivity contribution < 1.29 is 4.74 Å². The third-order valence-electron chi connectivity index (χ3n) is 6.81. The van der Waals surface area contributed by atoms with Crippen LogP contribution in [0.2, 0.25) is 0 Å². The van der Waals surface area contributed by atoms with Gasteiger partial charge in [0.15, 0.2) is 0 Å². The number of ether oxygens (including phenoxy) is 1. The van der Waals surface area contributed by atoms with Crippen molar-refractivity contribution in [2.24, 2.45) is 10.9 Å². The van der Waals surface area contributed by atoms with Crippen molar-refractivity contribution in [3.05, 3.63) is 84.5 Å². The molecule has 0 unspecified atom stereocenters. The molecule has 6 heteroatoms. The number of aliphatic imine (C=N–C) groups is 1. The molecule has 1 aromatic carbocycles. The first-order valence-electron chi connectivity index (χ1n) is 12.8. The molecule has 0 N–H and O–H groups in total. The van der Waals surface area contributed by atoms with E-state index in [-0.39, 0.29) is 0 Å². The molecular formula is C30H39N5O. The van der Waals surface area contributed by atoms with E-state index < -0.39 is 0 Å². The summed E-state index contributed by atoms with van der Waals surface area (Å²) in [6, 6.07) is 12.6. The number of rotatable bonds is 8. The van der Waals surface area contributed by atoms with Gasteiger partial charge in [-0.3, -0.25) is 4.98 Å². The molecule has 3 heterocycles. The van der Waals surface area contributed by atoms with E-state index >= 15 is 0 Å². The van der Waals surface area contributed by atoms with Crippen LogP contribution in [-0.2, 0) is 4.74 Å². The van der Waals surface area contributed by atoms with Crippen molar-refractivity contribution in [2.45, 2.75) is 27.2 Å². The maximum absolute atomic E-state index is 5.54. The number of aromatic nitrogens is 1. The standard InChI is InChI=1S/C30H39N5O/c1-22(2)21-33(6)24(4)27-10-7-9-26(19-27)23(3)29-12-14-35(28-11-8-13-31-20-28)30(29)32-25(5)34-15-17-36-18-16-34/h7-11,13,19-20,22H,3-4,12,14-18,21H2,1-2,5-6H3/b32-25+. The van der Waals surface area contributed by atoms with Crippen LogP contribution in [0.15, 0.2) is 78.3 Å². The SMILES string of the molecule is C=C(C1=C(/N=C(\C)N2CCOCC2)N(c2cccnc2)CC1)c1cccc(C(=C)N(C)CC(C)C)c1. The van der Waals surface area contributed by atoms with Gasteiger partial charge in [-0.1, -0.05) is 45.2 Å². The lowest BCUT2D eigenvalue weighted by atomic mass is 9.96. The Balaban J connectivity index is 1.69. The Labute approximate surface area is 216 Å². The molecule has 2 aliphatic rings. The van der Waals surface area contributed by atoms with Crippen LogP contribution >= 0.6 is 0 Å². The van der Waals surface area contributed by atoms with E-state index in [1.165, 1.54) is 5.57 Å². The van der Waals surface area contributed by atoms with Crippen LogP contribution in [0.3, 0.4) is 0 Å². The van der Waals surface area contributed by atoms with Crippen molar-refractivity contribution in [3.8, 4) is 0 Å². The second-order valence-corrected chi connectivity index (χ2v) is 9.95. The van der Waals surface area contributed by atoms with E-state index in [2.05, 4.69) is 91.0 Å². The van der Waals surface area contributed by atoms with Gasteiger partial charge in [-0.25, -0.2) is 4.99 Å². The van der Waals surface area contributed by atoms with E-state index in [0.717, 1.165) is 85.6 Å². The van der Waals surface area contributed by atoms with Crippen molar-refractivity contribution in [1.82, 2.24) is 14.8 Å². The Hall–Kier alpha value is -3.38. The number of anilines is 1. The number of nitrogens with zero attached hydrogens (tertiary/aromatic N) is 5. The van der Waals surface area contributed by atoms with Gasteiger partial charge in [0.05, 0.1) is 25.1 Å². The molecule has 0 saturated carbocycles. The number of morpholine rings is 1. The Morgan fingerprint density at radius 2 is 1.86 bits per heavy atom. The van der Waals surface area contributed by atoms with E-state index in [0.29, 0.717) is 5.92 Å². The van der Waals surface area contributed by atoms with Gasteiger partial charge < -0.3 is 19.4 Å². The molecule has 1 saturated heterocycles. The summed E-state index contributed by atoms with van der Waals surface area (Å²) in [6.45, 7) is 20.5. The average molecular weight is 486 g/mol. The van der Waals surface area contributed by atoms with Crippen LogP contribution < -0.4 is 4.90 Å². The average Bonchev–Trinajstić information content (AvgIpc) is 3.31. The van der Waals surface area contributed by atoms with Crippen molar-refractivity contribution in [3.63, 3.8) is 0 Å². The molecule has 2 aliphatic heterocycles. The lowest BCUT2D eigenvalue weighted by Gasteiger charge is -2.29. The second-order valence-electron chi connectivity index (χ2n) is 9.95. The third-order valence-corrected chi connectivity index (χ3v) is 6.81. The molecule has 1 aromatic heterocycles. The molecule has 0 amide bonds. The fraction of sp³-hybridized carbons (Fsp3) is 0.400. The lowest BCUT2D eigenvalue weighted by Crippen LogP contribution is -2.39. The first kappa shape index (κ1) is 25.7. The fourth-order valence-corrected chi connectivity index (χ4v) is 4.83. The highest BCUT2D eigenvalue weighted by Gasteiger charge is 2.27. The zero-order chi connectivity index (χ0) is 25.7. The Bertz CT molecular complexity index is 1140. The van der Waals surface area contributed by atoms with E-state index in [4.69, 9.17) is 9.73 Å². The molecule has 0 aliphatic carbocycles. The molecule has 36 heavy (non-hydrogen) atoms. The number of benzene rings is 1. The summed E-state index contributed by atoms with van der Waals surface area (Å²) in [5.41, 5.74) is 6.48. The summed E-state index contributed by atoms with van der Waals surface area (Å²) in [6.07, 6.45) is 4.58. The van der Waals surface area contributed by atoms with Crippen LogP contribution in [0.1, 0.15) is 38.3 Å². The van der Waals surface area contributed by atoms with Gasteiger partial charge in [0.2, 0.25) is 0 Å². The summed E-state index contributed by atoms with van der Waals surface area (Å²) in [5.74, 6) is 2.53. The zero-order valence-electron chi connectivity index (χ0n) is 22.2. The highest BCUT2D eigenvalue weighted by atomic mass is 16.5. The molecule has 2 aromatic rings. The molecule has 0 radical (unpaired) electrons. The highest BCUT2D eigenvalue weighted by molar-refractivity contribution is 5.86. The predicted molar refractivity (Wildman–Crippen MR) is 151 cm³/mol. The maximum atomic E-state index is 5.54. The third kappa shape index (κ3) is 5.88. The molecule has 1 fully saturated rings. The molecule has 190 valence electrons. The quantitative estimate of drug-likeness (QED) is 0.364. The van der Waals surface area contributed by atoms with Crippen LogP contribution in [0.5, 0.6) is 0 Å². The van der Waals surface area contributed by atoms with Crippen LogP contribution in [0.4, 0.5) is 5.69 Å². The predicted octanol–water partition coefficient (Wildman–Crippen LogP) is 5.53. The Morgan fingerprint density at radius 1 is 1.11 bits per heavy atom. The van der Waals surface area contributed by atoms with E-state index in [9.17, 15) is 0 Å². The first-order valence-corrected chi connectivity index (χ1v) is 12.8. The minimum Gasteiger partial charge on any atom is -0.378 e. The summed E-state index contributed by atoms with van der Waals surface area (Å²) in [4.78, 5) is 16.3. The van der Waals surface area contributed by atoms with Crippen LogP contribution in [0, 0.1) is 5.92 Å².